The van der Waals surface area contributed by atoms with Gasteiger partial charge in [-0.3, -0.25) is 4.79 Å². The Balaban J connectivity index is 1.85. The van der Waals surface area contributed by atoms with Gasteiger partial charge in [0.1, 0.15) is 0 Å². The molecule has 1 amide bonds. The topological polar surface area (TPSA) is 29.1 Å². The van der Waals surface area contributed by atoms with Gasteiger partial charge in [0.2, 0.25) is 5.91 Å². The summed E-state index contributed by atoms with van der Waals surface area (Å²) in [6.45, 7) is 4.52. The summed E-state index contributed by atoms with van der Waals surface area (Å²) >= 11 is 0. The van der Waals surface area contributed by atoms with E-state index in [1.54, 1.807) is 0 Å². The molecule has 0 aliphatic heterocycles. The lowest BCUT2D eigenvalue weighted by Gasteiger charge is -2.28. The van der Waals surface area contributed by atoms with Gasteiger partial charge in [-0.25, -0.2) is 0 Å². The number of hydrogen-bond acceptors (Lipinski definition) is 1. The Hall–Kier alpha value is -2.87. The van der Waals surface area contributed by atoms with Gasteiger partial charge in [-0.1, -0.05) is 105 Å². The minimum Gasteiger partial charge on any atom is -0.355 e. The molecule has 28 heavy (non-hydrogen) atoms. The van der Waals surface area contributed by atoms with Crippen molar-refractivity contribution in [2.75, 3.05) is 6.54 Å². The zero-order valence-corrected chi connectivity index (χ0v) is 16.6. The van der Waals surface area contributed by atoms with Crippen LogP contribution in [-0.4, -0.2) is 12.5 Å². The van der Waals surface area contributed by atoms with E-state index in [9.17, 15) is 4.79 Å². The first-order valence-electron chi connectivity index (χ1n) is 10.0. The van der Waals surface area contributed by atoms with E-state index in [1.165, 1.54) is 16.7 Å². The molecule has 0 aromatic heterocycles. The molecule has 1 aliphatic carbocycles. The first kappa shape index (κ1) is 18.5. The number of benzene rings is 3. The highest BCUT2D eigenvalue weighted by molar-refractivity contribution is 5.78. The second-order valence-electron chi connectivity index (χ2n) is 8.13. The Morgan fingerprint density at radius 3 is 1.64 bits per heavy atom. The van der Waals surface area contributed by atoms with Crippen LogP contribution in [0.3, 0.4) is 0 Å². The molecule has 1 fully saturated rings. The SMILES string of the molecule is CC(C)C(=O)NCC1(c2ccccc2)CC1(c1ccccc1)c1ccccc1. The van der Waals surface area contributed by atoms with Gasteiger partial charge in [0.05, 0.1) is 0 Å². The lowest BCUT2D eigenvalue weighted by atomic mass is 9.77. The number of carbonyl (C=O) groups excluding carboxylic acids is 1. The largest absolute Gasteiger partial charge is 0.355 e. The predicted octanol–water partition coefficient (Wildman–Crippen LogP) is 5.09. The lowest BCUT2D eigenvalue weighted by molar-refractivity contribution is -0.124. The van der Waals surface area contributed by atoms with Gasteiger partial charge in [-0.05, 0) is 23.1 Å². The Morgan fingerprint density at radius 2 is 1.21 bits per heavy atom. The molecule has 0 radical (unpaired) electrons. The van der Waals surface area contributed by atoms with Crippen LogP contribution in [0.4, 0.5) is 0 Å². The van der Waals surface area contributed by atoms with E-state index in [1.807, 2.05) is 13.8 Å². The van der Waals surface area contributed by atoms with E-state index in [0.717, 1.165) is 6.42 Å². The van der Waals surface area contributed by atoms with Crippen LogP contribution in [0, 0.1) is 5.92 Å². The first-order valence-corrected chi connectivity index (χ1v) is 10.0. The van der Waals surface area contributed by atoms with Crippen LogP contribution >= 0.6 is 0 Å². The van der Waals surface area contributed by atoms with Crippen LogP contribution in [0.25, 0.3) is 0 Å². The molecule has 2 heteroatoms. The molecule has 1 unspecified atom stereocenters. The van der Waals surface area contributed by atoms with Crippen molar-refractivity contribution in [1.82, 2.24) is 5.32 Å². The third-order valence-corrected chi connectivity index (χ3v) is 6.21. The number of nitrogens with one attached hydrogen (secondary N) is 1. The Bertz CT molecular complexity index is 894. The van der Waals surface area contributed by atoms with E-state index in [-0.39, 0.29) is 22.7 Å². The average Bonchev–Trinajstić information content (AvgIpc) is 3.45. The molecule has 0 bridgehead atoms. The van der Waals surface area contributed by atoms with E-state index in [2.05, 4.69) is 96.3 Å². The molecule has 4 rings (SSSR count). The van der Waals surface area contributed by atoms with E-state index in [4.69, 9.17) is 0 Å². The van der Waals surface area contributed by atoms with Crippen molar-refractivity contribution in [3.8, 4) is 0 Å². The summed E-state index contributed by atoms with van der Waals surface area (Å²) in [5.41, 5.74) is 3.61. The molecule has 2 nitrogen and oxygen atoms in total. The molecule has 1 saturated carbocycles. The van der Waals surface area contributed by atoms with Crippen molar-refractivity contribution >= 4 is 5.91 Å². The maximum Gasteiger partial charge on any atom is 0.222 e. The Morgan fingerprint density at radius 1 is 0.786 bits per heavy atom. The molecule has 1 atom stereocenters. The molecule has 1 N–H and O–H groups in total. The highest BCUT2D eigenvalue weighted by atomic mass is 16.1. The summed E-state index contributed by atoms with van der Waals surface area (Å²) in [6, 6.07) is 32.1. The minimum absolute atomic E-state index is 0.0191. The second kappa shape index (κ2) is 7.27. The average molecular weight is 370 g/mol. The fourth-order valence-corrected chi connectivity index (χ4v) is 4.64. The molecular weight excluding hydrogens is 342 g/mol. The van der Waals surface area contributed by atoms with Crippen LogP contribution < -0.4 is 5.32 Å². The van der Waals surface area contributed by atoms with Gasteiger partial charge >= 0.3 is 0 Å². The highest BCUT2D eigenvalue weighted by Crippen LogP contribution is 2.68. The van der Waals surface area contributed by atoms with Crippen molar-refractivity contribution in [1.29, 1.82) is 0 Å². The van der Waals surface area contributed by atoms with E-state index >= 15 is 0 Å². The van der Waals surface area contributed by atoms with E-state index < -0.39 is 0 Å². The third-order valence-electron chi connectivity index (χ3n) is 6.21. The number of amides is 1. The van der Waals surface area contributed by atoms with Gasteiger partial charge in [0.25, 0.3) is 0 Å². The second-order valence-corrected chi connectivity index (χ2v) is 8.13. The minimum atomic E-state index is -0.151. The van der Waals surface area contributed by atoms with Crippen molar-refractivity contribution < 1.29 is 4.79 Å². The Labute approximate surface area is 167 Å². The number of hydrogen-bond donors (Lipinski definition) is 1. The number of carbonyl (C=O) groups is 1. The monoisotopic (exact) mass is 369 g/mol. The van der Waals surface area contributed by atoms with Crippen LogP contribution in [0.1, 0.15) is 37.0 Å². The first-order chi connectivity index (χ1) is 13.6. The predicted molar refractivity (Wildman–Crippen MR) is 114 cm³/mol. The summed E-state index contributed by atoms with van der Waals surface area (Å²) < 4.78 is 0. The molecule has 142 valence electrons. The zero-order chi connectivity index (χ0) is 19.6. The van der Waals surface area contributed by atoms with Crippen LogP contribution in [0.15, 0.2) is 91.0 Å². The van der Waals surface area contributed by atoms with Crippen molar-refractivity contribution in [2.24, 2.45) is 5.92 Å². The molecule has 0 heterocycles. The molecule has 3 aromatic rings. The maximum absolute atomic E-state index is 12.4. The van der Waals surface area contributed by atoms with Gasteiger partial charge in [0, 0.05) is 23.3 Å². The van der Waals surface area contributed by atoms with Gasteiger partial charge in [0.15, 0.2) is 0 Å². The molecule has 0 spiro atoms. The Kier molecular flexibility index (Phi) is 4.80. The third kappa shape index (κ3) is 2.93. The van der Waals surface area contributed by atoms with E-state index in [0.29, 0.717) is 6.54 Å². The zero-order valence-electron chi connectivity index (χ0n) is 16.6. The normalized spacial score (nSPS) is 20.0. The molecule has 0 saturated heterocycles. The smallest absolute Gasteiger partial charge is 0.222 e. The van der Waals surface area contributed by atoms with Crippen molar-refractivity contribution in [3.05, 3.63) is 108 Å². The fourth-order valence-electron chi connectivity index (χ4n) is 4.64. The summed E-state index contributed by atoms with van der Waals surface area (Å²) in [5, 5.41) is 3.24. The highest BCUT2D eigenvalue weighted by Gasteiger charge is 2.69. The molecular formula is C26H27NO. The summed E-state index contributed by atoms with van der Waals surface area (Å²) in [4.78, 5) is 12.4. The summed E-state index contributed by atoms with van der Waals surface area (Å²) in [7, 11) is 0. The quantitative estimate of drug-likeness (QED) is 0.644. The summed E-state index contributed by atoms with van der Waals surface area (Å²) in [5.74, 6) is 0.0895. The molecule has 3 aromatic carbocycles. The van der Waals surface area contributed by atoms with Gasteiger partial charge in [-0.15, -0.1) is 0 Å². The van der Waals surface area contributed by atoms with Crippen molar-refractivity contribution in [3.63, 3.8) is 0 Å². The molecule has 1 aliphatic rings. The standard InChI is InChI=1S/C26H27NO/c1-20(2)24(28)27-19-25(21-12-6-3-7-13-21)18-26(25,22-14-8-4-9-15-22)23-16-10-5-11-17-23/h3-17,20H,18-19H2,1-2H3,(H,27,28). The maximum atomic E-state index is 12.4. The van der Waals surface area contributed by atoms with Crippen LogP contribution in [-0.2, 0) is 15.6 Å². The lowest BCUT2D eigenvalue weighted by Crippen LogP contribution is -2.39. The van der Waals surface area contributed by atoms with Crippen molar-refractivity contribution in [2.45, 2.75) is 31.1 Å². The van der Waals surface area contributed by atoms with Crippen LogP contribution in [0.2, 0.25) is 0 Å². The van der Waals surface area contributed by atoms with Gasteiger partial charge < -0.3 is 5.32 Å². The van der Waals surface area contributed by atoms with Crippen LogP contribution in [0.5, 0.6) is 0 Å². The van der Waals surface area contributed by atoms with Gasteiger partial charge in [-0.2, -0.15) is 0 Å². The summed E-state index contributed by atoms with van der Waals surface area (Å²) in [6.07, 6.45) is 0.983. The number of rotatable bonds is 6. The fraction of sp³-hybridized carbons (Fsp3) is 0.269.